The van der Waals surface area contributed by atoms with Crippen LogP contribution in [0.3, 0.4) is 0 Å². The lowest BCUT2D eigenvalue weighted by molar-refractivity contribution is 0.634. The average Bonchev–Trinajstić information content (AvgIpc) is 1.69. The van der Waals surface area contributed by atoms with Gasteiger partial charge >= 0.3 is 0 Å². The topological polar surface area (TPSA) is 49.9 Å². The molecule has 2 nitrogen and oxygen atoms in total. The summed E-state index contributed by atoms with van der Waals surface area (Å²) in [5.74, 6) is 0.644. The van der Waals surface area contributed by atoms with Crippen LogP contribution in [0.1, 0.15) is 26.7 Å². The van der Waals surface area contributed by atoms with Crippen molar-refractivity contribution in [2.24, 2.45) is 11.7 Å². The van der Waals surface area contributed by atoms with E-state index in [0.717, 1.165) is 12.8 Å². The predicted molar refractivity (Wildman–Crippen MR) is 43.2 cm³/mol. The monoisotopic (exact) mass is 150 g/mol. The van der Waals surface area contributed by atoms with Crippen LogP contribution in [0.2, 0.25) is 0 Å². The number of amidine groups is 1. The molecule has 0 aliphatic carbocycles. The number of nitrogens with two attached hydrogens (primary N) is 1. The molecule has 0 aromatic heterocycles. The summed E-state index contributed by atoms with van der Waals surface area (Å²) < 4.78 is 0. The molecule has 56 valence electrons. The van der Waals surface area contributed by atoms with Crippen molar-refractivity contribution in [1.82, 2.24) is 0 Å². The molecule has 0 aliphatic rings. The highest BCUT2D eigenvalue weighted by atomic mass is 35.5. The van der Waals surface area contributed by atoms with E-state index in [1.807, 2.05) is 0 Å². The molecule has 0 aromatic carbocycles. The number of nitrogens with one attached hydrogen (secondary N) is 1. The van der Waals surface area contributed by atoms with E-state index in [4.69, 9.17) is 11.1 Å². The van der Waals surface area contributed by atoms with Gasteiger partial charge in [-0.1, -0.05) is 13.8 Å². The van der Waals surface area contributed by atoms with E-state index in [2.05, 4.69) is 13.8 Å². The molecule has 0 radical (unpaired) electrons. The second kappa shape index (κ2) is 5.89. The van der Waals surface area contributed by atoms with E-state index >= 15 is 0 Å². The third kappa shape index (κ3) is 4.28. The van der Waals surface area contributed by atoms with Crippen LogP contribution in [0.4, 0.5) is 0 Å². The minimum Gasteiger partial charge on any atom is -0.387 e. The summed E-state index contributed by atoms with van der Waals surface area (Å²) in [4.78, 5) is 0. The Balaban J connectivity index is 0. The van der Waals surface area contributed by atoms with Gasteiger partial charge in [0.05, 0.1) is 5.84 Å². The maximum Gasteiger partial charge on any atom is 0.0936 e. The van der Waals surface area contributed by atoms with E-state index in [1.165, 1.54) is 0 Å². The fourth-order valence-corrected chi connectivity index (χ4v) is 0.729. The van der Waals surface area contributed by atoms with Gasteiger partial charge in [-0.2, -0.15) is 0 Å². The third-order valence-corrected chi connectivity index (χ3v) is 1.43. The summed E-state index contributed by atoms with van der Waals surface area (Å²) >= 11 is 0. The second-order valence-corrected chi connectivity index (χ2v) is 1.97. The van der Waals surface area contributed by atoms with Crippen LogP contribution in [0, 0.1) is 11.3 Å². The van der Waals surface area contributed by atoms with E-state index in [-0.39, 0.29) is 12.4 Å². The van der Waals surface area contributed by atoms with Gasteiger partial charge in [0.2, 0.25) is 0 Å². The first-order chi connectivity index (χ1) is 3.72. The molecule has 0 aliphatic heterocycles. The zero-order chi connectivity index (χ0) is 6.57. The van der Waals surface area contributed by atoms with Gasteiger partial charge in [-0.3, -0.25) is 5.41 Å². The van der Waals surface area contributed by atoms with Gasteiger partial charge in [0, 0.05) is 5.92 Å². The van der Waals surface area contributed by atoms with E-state index < -0.39 is 0 Å². The molecule has 0 aromatic rings. The van der Waals surface area contributed by atoms with Crippen molar-refractivity contribution < 1.29 is 0 Å². The smallest absolute Gasteiger partial charge is 0.0936 e. The van der Waals surface area contributed by atoms with Crippen molar-refractivity contribution >= 4 is 18.2 Å². The van der Waals surface area contributed by atoms with Gasteiger partial charge in [-0.25, -0.2) is 0 Å². The lowest BCUT2D eigenvalue weighted by Gasteiger charge is -2.07. The van der Waals surface area contributed by atoms with Gasteiger partial charge < -0.3 is 5.73 Å². The first-order valence-corrected chi connectivity index (χ1v) is 3.06. The second-order valence-electron chi connectivity index (χ2n) is 1.97. The highest BCUT2D eigenvalue weighted by Crippen LogP contribution is 2.04. The molecule has 0 rings (SSSR count). The van der Waals surface area contributed by atoms with Crippen LogP contribution in [0.15, 0.2) is 0 Å². The van der Waals surface area contributed by atoms with Crippen molar-refractivity contribution in [3.8, 4) is 0 Å². The fraction of sp³-hybridized carbons (Fsp3) is 0.833. The molecular formula is C6H15ClN2. The maximum absolute atomic E-state index is 7.03. The summed E-state index contributed by atoms with van der Waals surface area (Å²) in [6.45, 7) is 4.10. The maximum atomic E-state index is 7.03. The Morgan fingerprint density at radius 2 is 1.78 bits per heavy atom. The molecule has 0 heterocycles. The summed E-state index contributed by atoms with van der Waals surface area (Å²) in [6.07, 6.45) is 1.98. The first kappa shape index (κ1) is 11.5. The number of hydrogen-bond donors (Lipinski definition) is 2. The Labute approximate surface area is 62.7 Å². The molecular weight excluding hydrogens is 136 g/mol. The van der Waals surface area contributed by atoms with Crippen molar-refractivity contribution in [1.29, 1.82) is 5.41 Å². The molecule has 0 spiro atoms. The lowest BCUT2D eigenvalue weighted by atomic mass is 10.0. The van der Waals surface area contributed by atoms with E-state index in [1.54, 1.807) is 0 Å². The Morgan fingerprint density at radius 3 is 1.78 bits per heavy atom. The highest BCUT2D eigenvalue weighted by Gasteiger charge is 2.03. The van der Waals surface area contributed by atoms with Crippen LogP contribution in [-0.4, -0.2) is 5.84 Å². The predicted octanol–water partition coefficient (Wildman–Crippen LogP) is 1.78. The molecule has 0 bridgehead atoms. The molecule has 0 saturated heterocycles. The van der Waals surface area contributed by atoms with Crippen LogP contribution >= 0.6 is 12.4 Å². The molecule has 3 heteroatoms. The molecule has 3 N–H and O–H groups in total. The van der Waals surface area contributed by atoms with Crippen LogP contribution in [0.25, 0.3) is 0 Å². The van der Waals surface area contributed by atoms with Crippen molar-refractivity contribution in [2.45, 2.75) is 26.7 Å². The minimum atomic E-state index is 0. The molecule has 0 atom stereocenters. The van der Waals surface area contributed by atoms with Crippen molar-refractivity contribution in [3.05, 3.63) is 0 Å². The normalized spacial score (nSPS) is 8.78. The Morgan fingerprint density at radius 1 is 1.44 bits per heavy atom. The molecule has 0 fully saturated rings. The highest BCUT2D eigenvalue weighted by molar-refractivity contribution is 5.85. The van der Waals surface area contributed by atoms with Crippen LogP contribution in [0.5, 0.6) is 0 Å². The molecule has 0 unspecified atom stereocenters. The van der Waals surface area contributed by atoms with Crippen LogP contribution in [-0.2, 0) is 0 Å². The van der Waals surface area contributed by atoms with Crippen LogP contribution < -0.4 is 5.73 Å². The SMILES string of the molecule is CCC(CC)C(=N)N.Cl. The Kier molecular flexibility index (Phi) is 7.55. The summed E-state index contributed by atoms with van der Waals surface area (Å²) in [7, 11) is 0. The first-order valence-electron chi connectivity index (χ1n) is 3.06. The molecule has 0 amide bonds. The molecule has 9 heavy (non-hydrogen) atoms. The van der Waals surface area contributed by atoms with Gasteiger partial charge in [-0.15, -0.1) is 12.4 Å². The standard InChI is InChI=1S/C6H14N2.ClH/c1-3-5(4-2)6(7)8;/h5H,3-4H2,1-2H3,(H3,7,8);1H. The van der Waals surface area contributed by atoms with Gasteiger partial charge in [0.1, 0.15) is 0 Å². The zero-order valence-electron chi connectivity index (χ0n) is 5.98. The van der Waals surface area contributed by atoms with Gasteiger partial charge in [0.25, 0.3) is 0 Å². The summed E-state index contributed by atoms with van der Waals surface area (Å²) in [5.41, 5.74) is 5.24. The Bertz CT molecular complexity index is 79.1. The number of rotatable bonds is 3. The quantitative estimate of drug-likeness (QED) is 0.468. The third-order valence-electron chi connectivity index (χ3n) is 1.43. The summed E-state index contributed by atoms with van der Waals surface area (Å²) in [6, 6.07) is 0. The zero-order valence-corrected chi connectivity index (χ0v) is 6.79. The largest absolute Gasteiger partial charge is 0.387 e. The average molecular weight is 151 g/mol. The number of halogens is 1. The molecule has 0 saturated carbocycles. The van der Waals surface area contributed by atoms with Crippen molar-refractivity contribution in [2.75, 3.05) is 0 Å². The van der Waals surface area contributed by atoms with E-state index in [0.29, 0.717) is 11.8 Å². The summed E-state index contributed by atoms with van der Waals surface area (Å²) in [5, 5.41) is 7.03. The van der Waals surface area contributed by atoms with Gasteiger partial charge in [0.15, 0.2) is 0 Å². The van der Waals surface area contributed by atoms with Crippen molar-refractivity contribution in [3.63, 3.8) is 0 Å². The lowest BCUT2D eigenvalue weighted by Crippen LogP contribution is -2.20. The minimum absolute atomic E-state index is 0. The Hall–Kier alpha value is -0.240. The van der Waals surface area contributed by atoms with Gasteiger partial charge in [-0.05, 0) is 12.8 Å². The van der Waals surface area contributed by atoms with E-state index in [9.17, 15) is 0 Å². The fourth-order valence-electron chi connectivity index (χ4n) is 0.729. The number of hydrogen-bond acceptors (Lipinski definition) is 1.